The Morgan fingerprint density at radius 2 is 2.05 bits per heavy atom. The summed E-state index contributed by atoms with van der Waals surface area (Å²) in [6, 6.07) is 4.62. The minimum Gasteiger partial charge on any atom is -0.346 e. The number of halogens is 2. The predicted octanol–water partition coefficient (Wildman–Crippen LogP) is 3.02. The summed E-state index contributed by atoms with van der Waals surface area (Å²) in [5.41, 5.74) is 0.808. The van der Waals surface area contributed by atoms with Crippen LogP contribution in [0.2, 0.25) is 10.0 Å². The zero-order valence-corrected chi connectivity index (χ0v) is 12.1. The Bertz CT molecular complexity index is 512. The van der Waals surface area contributed by atoms with Gasteiger partial charge in [0.1, 0.15) is 0 Å². The Morgan fingerprint density at radius 1 is 1.37 bits per heavy atom. The van der Waals surface area contributed by atoms with E-state index < -0.39 is 6.04 Å². The minimum absolute atomic E-state index is 0.0368. The lowest BCUT2D eigenvalue weighted by atomic mass is 10.0. The standard InChI is InChI=1S/C14H15Cl2NO2/c1-8(18)13(17-14(19)9-2-3-9)6-10-4-5-11(15)7-12(10)16/h4-5,7,9,13H,2-3,6H2,1H3,(H,17,19)/t13-/m1/s1. The van der Waals surface area contributed by atoms with Crippen LogP contribution < -0.4 is 5.32 Å². The van der Waals surface area contributed by atoms with E-state index in [-0.39, 0.29) is 17.6 Å². The van der Waals surface area contributed by atoms with Gasteiger partial charge in [-0.25, -0.2) is 0 Å². The van der Waals surface area contributed by atoms with Crippen LogP contribution in [0.1, 0.15) is 25.3 Å². The van der Waals surface area contributed by atoms with Crippen molar-refractivity contribution in [3.8, 4) is 0 Å². The first-order chi connectivity index (χ1) is 8.97. The Kier molecular flexibility index (Phi) is 4.48. The van der Waals surface area contributed by atoms with Crippen LogP contribution in [0.5, 0.6) is 0 Å². The van der Waals surface area contributed by atoms with Crippen molar-refractivity contribution in [2.24, 2.45) is 5.92 Å². The Morgan fingerprint density at radius 3 is 2.58 bits per heavy atom. The Hall–Kier alpha value is -1.06. The van der Waals surface area contributed by atoms with Crippen molar-refractivity contribution < 1.29 is 9.59 Å². The summed E-state index contributed by atoms with van der Waals surface area (Å²) >= 11 is 11.9. The van der Waals surface area contributed by atoms with Gasteiger partial charge in [0, 0.05) is 22.4 Å². The second kappa shape index (κ2) is 5.93. The molecule has 1 saturated carbocycles. The van der Waals surface area contributed by atoms with E-state index in [0.29, 0.717) is 16.5 Å². The zero-order chi connectivity index (χ0) is 14.0. The molecule has 1 N–H and O–H groups in total. The smallest absolute Gasteiger partial charge is 0.223 e. The van der Waals surface area contributed by atoms with Gasteiger partial charge in [0.15, 0.2) is 5.78 Å². The van der Waals surface area contributed by atoms with Gasteiger partial charge in [0.25, 0.3) is 0 Å². The molecular weight excluding hydrogens is 285 g/mol. The van der Waals surface area contributed by atoms with Gasteiger partial charge in [-0.05, 0) is 37.5 Å². The number of carbonyl (C=O) groups excluding carboxylic acids is 2. The van der Waals surface area contributed by atoms with Gasteiger partial charge in [-0.3, -0.25) is 9.59 Å². The highest BCUT2D eigenvalue weighted by atomic mass is 35.5. The fourth-order valence-electron chi connectivity index (χ4n) is 1.84. The molecule has 1 fully saturated rings. The van der Waals surface area contributed by atoms with Crippen LogP contribution >= 0.6 is 23.2 Å². The van der Waals surface area contributed by atoms with E-state index in [4.69, 9.17) is 23.2 Å². The van der Waals surface area contributed by atoms with Crippen molar-refractivity contribution in [2.75, 3.05) is 0 Å². The number of carbonyl (C=O) groups is 2. The van der Waals surface area contributed by atoms with Crippen LogP contribution in [0.15, 0.2) is 18.2 Å². The molecule has 2 rings (SSSR count). The highest BCUT2D eigenvalue weighted by Crippen LogP contribution is 2.29. The summed E-state index contributed by atoms with van der Waals surface area (Å²) in [4.78, 5) is 23.4. The van der Waals surface area contributed by atoms with Crippen molar-refractivity contribution in [1.29, 1.82) is 0 Å². The van der Waals surface area contributed by atoms with Gasteiger partial charge in [0.05, 0.1) is 6.04 Å². The van der Waals surface area contributed by atoms with Crippen LogP contribution in [-0.2, 0) is 16.0 Å². The lowest BCUT2D eigenvalue weighted by molar-refractivity contribution is -0.127. The van der Waals surface area contributed by atoms with E-state index >= 15 is 0 Å². The molecule has 102 valence electrons. The van der Waals surface area contributed by atoms with Gasteiger partial charge in [-0.2, -0.15) is 0 Å². The number of hydrogen-bond acceptors (Lipinski definition) is 2. The maximum atomic E-state index is 11.7. The number of amides is 1. The third-order valence-electron chi connectivity index (χ3n) is 3.19. The molecule has 0 aliphatic heterocycles. The van der Waals surface area contributed by atoms with Crippen molar-refractivity contribution in [3.05, 3.63) is 33.8 Å². The third-order valence-corrected chi connectivity index (χ3v) is 3.78. The monoisotopic (exact) mass is 299 g/mol. The topological polar surface area (TPSA) is 46.2 Å². The minimum atomic E-state index is -0.522. The quantitative estimate of drug-likeness (QED) is 0.908. The lowest BCUT2D eigenvalue weighted by Gasteiger charge is -2.16. The normalized spacial score (nSPS) is 15.9. The number of hydrogen-bond donors (Lipinski definition) is 1. The number of benzene rings is 1. The lowest BCUT2D eigenvalue weighted by Crippen LogP contribution is -2.42. The molecule has 1 aliphatic carbocycles. The van der Waals surface area contributed by atoms with E-state index in [1.54, 1.807) is 18.2 Å². The molecule has 1 aliphatic rings. The van der Waals surface area contributed by atoms with Crippen LogP contribution in [0.25, 0.3) is 0 Å². The number of Topliss-reactive ketones (excluding diaryl/α,β-unsaturated/α-hetero) is 1. The van der Waals surface area contributed by atoms with Crippen LogP contribution in [0, 0.1) is 5.92 Å². The van der Waals surface area contributed by atoms with Crippen molar-refractivity contribution in [1.82, 2.24) is 5.32 Å². The van der Waals surface area contributed by atoms with Crippen molar-refractivity contribution in [2.45, 2.75) is 32.2 Å². The van der Waals surface area contributed by atoms with Crippen molar-refractivity contribution >= 4 is 34.9 Å². The first-order valence-corrected chi connectivity index (χ1v) is 6.97. The molecule has 1 aromatic rings. The maximum absolute atomic E-state index is 11.7. The summed E-state index contributed by atoms with van der Waals surface area (Å²) in [6.07, 6.45) is 2.22. The average molecular weight is 300 g/mol. The average Bonchev–Trinajstić information content (AvgIpc) is 3.15. The predicted molar refractivity (Wildman–Crippen MR) is 75.5 cm³/mol. The number of rotatable bonds is 5. The molecule has 0 bridgehead atoms. The Labute approximate surface area is 122 Å². The molecule has 3 nitrogen and oxygen atoms in total. The highest BCUT2D eigenvalue weighted by molar-refractivity contribution is 6.35. The fourth-order valence-corrected chi connectivity index (χ4v) is 2.32. The molecule has 0 spiro atoms. The molecule has 0 unspecified atom stereocenters. The highest BCUT2D eigenvalue weighted by Gasteiger charge is 2.31. The SMILES string of the molecule is CC(=O)[C@@H](Cc1ccc(Cl)cc1Cl)NC(=O)C1CC1. The first-order valence-electron chi connectivity index (χ1n) is 6.22. The zero-order valence-electron chi connectivity index (χ0n) is 10.6. The van der Waals surface area contributed by atoms with E-state index in [1.807, 2.05) is 0 Å². The molecule has 1 aromatic carbocycles. The molecule has 0 saturated heterocycles. The first kappa shape index (κ1) is 14.4. The van der Waals surface area contributed by atoms with E-state index in [2.05, 4.69) is 5.32 Å². The maximum Gasteiger partial charge on any atom is 0.223 e. The van der Waals surface area contributed by atoms with Gasteiger partial charge in [-0.15, -0.1) is 0 Å². The molecule has 0 heterocycles. The molecule has 1 amide bonds. The molecular formula is C14H15Cl2NO2. The molecule has 5 heteroatoms. The third kappa shape index (κ3) is 3.95. The largest absolute Gasteiger partial charge is 0.346 e. The van der Waals surface area contributed by atoms with E-state index in [9.17, 15) is 9.59 Å². The van der Waals surface area contributed by atoms with Crippen LogP contribution in [0.4, 0.5) is 0 Å². The second-order valence-electron chi connectivity index (χ2n) is 4.89. The van der Waals surface area contributed by atoms with Crippen LogP contribution in [0.3, 0.4) is 0 Å². The molecule has 19 heavy (non-hydrogen) atoms. The molecule has 0 radical (unpaired) electrons. The summed E-state index contributed by atoms with van der Waals surface area (Å²) in [5, 5.41) is 3.85. The van der Waals surface area contributed by atoms with Crippen LogP contribution in [-0.4, -0.2) is 17.7 Å². The fraction of sp³-hybridized carbons (Fsp3) is 0.429. The summed E-state index contributed by atoms with van der Waals surface area (Å²) in [5.74, 6) is -0.0205. The summed E-state index contributed by atoms with van der Waals surface area (Å²) in [6.45, 7) is 1.47. The van der Waals surface area contributed by atoms with Gasteiger partial charge in [0.2, 0.25) is 5.91 Å². The number of nitrogens with one attached hydrogen (secondary N) is 1. The van der Waals surface area contributed by atoms with Gasteiger partial charge >= 0.3 is 0 Å². The van der Waals surface area contributed by atoms with Gasteiger partial charge < -0.3 is 5.32 Å². The number of ketones is 1. The summed E-state index contributed by atoms with van der Waals surface area (Å²) < 4.78 is 0. The second-order valence-corrected chi connectivity index (χ2v) is 5.73. The molecule has 1 atom stereocenters. The summed E-state index contributed by atoms with van der Waals surface area (Å²) in [7, 11) is 0. The van der Waals surface area contributed by atoms with Crippen molar-refractivity contribution in [3.63, 3.8) is 0 Å². The van der Waals surface area contributed by atoms with Gasteiger partial charge in [-0.1, -0.05) is 29.3 Å². The van der Waals surface area contributed by atoms with E-state index in [1.165, 1.54) is 6.92 Å². The molecule has 0 aromatic heterocycles. The Balaban J connectivity index is 2.07. The van der Waals surface area contributed by atoms with E-state index in [0.717, 1.165) is 18.4 Å².